The Bertz CT molecular complexity index is 655. The van der Waals surface area contributed by atoms with Gasteiger partial charge >= 0.3 is 0 Å². The highest BCUT2D eigenvalue weighted by Gasteiger charge is 2.15. The number of nitriles is 1. The Morgan fingerprint density at radius 1 is 1.48 bits per heavy atom. The largest absolute Gasteiger partial charge is 0.370 e. The van der Waals surface area contributed by atoms with Gasteiger partial charge in [-0.2, -0.15) is 10.4 Å². The van der Waals surface area contributed by atoms with Crippen molar-refractivity contribution < 1.29 is 0 Å². The smallest absolute Gasteiger partial charge is 0.163 e. The van der Waals surface area contributed by atoms with Crippen LogP contribution in [0.2, 0.25) is 0 Å². The van der Waals surface area contributed by atoms with Crippen LogP contribution in [0.3, 0.4) is 0 Å². The molecule has 2 aromatic heterocycles. The van der Waals surface area contributed by atoms with E-state index in [1.165, 1.54) is 0 Å². The third-order valence-corrected chi connectivity index (χ3v) is 3.51. The lowest BCUT2D eigenvalue weighted by atomic mass is 10.2. The van der Waals surface area contributed by atoms with E-state index in [1.807, 2.05) is 27.9 Å². The molecule has 0 fully saturated rings. The Hall–Kier alpha value is -2.20. The van der Waals surface area contributed by atoms with Crippen molar-refractivity contribution in [2.24, 2.45) is 7.05 Å². The van der Waals surface area contributed by atoms with Gasteiger partial charge in [-0.1, -0.05) is 0 Å². The van der Waals surface area contributed by atoms with Crippen molar-refractivity contribution >= 4 is 16.9 Å². The first-order valence-corrected chi connectivity index (χ1v) is 7.06. The number of aromatic nitrogens is 4. The summed E-state index contributed by atoms with van der Waals surface area (Å²) in [5.41, 5.74) is 0.817. The maximum absolute atomic E-state index is 8.79. The van der Waals surface area contributed by atoms with E-state index in [2.05, 4.69) is 31.4 Å². The van der Waals surface area contributed by atoms with Crippen LogP contribution >= 0.6 is 0 Å². The SMILES string of the molecule is CCNc1nc(CN(C)C(C)CC#N)nc2c1cnn2C. The number of nitrogens with one attached hydrogen (secondary N) is 1. The fraction of sp³-hybridized carbons (Fsp3) is 0.571. The summed E-state index contributed by atoms with van der Waals surface area (Å²) in [6.07, 6.45) is 2.27. The zero-order valence-electron chi connectivity index (χ0n) is 13.0. The Balaban J connectivity index is 2.31. The molecule has 0 aliphatic rings. The van der Waals surface area contributed by atoms with Crippen LogP contribution in [0.1, 0.15) is 26.1 Å². The summed E-state index contributed by atoms with van der Waals surface area (Å²) in [7, 11) is 3.85. The van der Waals surface area contributed by atoms with E-state index >= 15 is 0 Å². The molecular formula is C14H21N7. The minimum atomic E-state index is 0.170. The van der Waals surface area contributed by atoms with Gasteiger partial charge in [-0.3, -0.25) is 9.58 Å². The van der Waals surface area contributed by atoms with Gasteiger partial charge in [0.1, 0.15) is 11.6 Å². The molecule has 0 bridgehead atoms. The second-order valence-corrected chi connectivity index (χ2v) is 5.15. The molecule has 1 unspecified atom stereocenters. The van der Waals surface area contributed by atoms with Gasteiger partial charge in [0.25, 0.3) is 0 Å². The molecule has 112 valence electrons. The third-order valence-electron chi connectivity index (χ3n) is 3.51. The quantitative estimate of drug-likeness (QED) is 0.867. The Kier molecular flexibility index (Phi) is 4.70. The number of anilines is 1. The molecule has 0 amide bonds. The molecule has 0 saturated heterocycles. The van der Waals surface area contributed by atoms with E-state index in [9.17, 15) is 0 Å². The number of rotatable bonds is 6. The van der Waals surface area contributed by atoms with Crippen molar-refractivity contribution in [2.45, 2.75) is 32.9 Å². The summed E-state index contributed by atoms with van der Waals surface area (Å²) in [5, 5.41) is 17.2. The zero-order valence-corrected chi connectivity index (χ0v) is 13.0. The van der Waals surface area contributed by atoms with Gasteiger partial charge in [0, 0.05) is 19.6 Å². The van der Waals surface area contributed by atoms with Gasteiger partial charge in [-0.15, -0.1) is 0 Å². The molecule has 0 spiro atoms. The van der Waals surface area contributed by atoms with Crippen molar-refractivity contribution in [1.29, 1.82) is 5.26 Å². The molecule has 0 aliphatic heterocycles. The molecule has 0 radical (unpaired) electrons. The summed E-state index contributed by atoms with van der Waals surface area (Å²) in [6.45, 7) is 5.45. The predicted octanol–water partition coefficient (Wildman–Crippen LogP) is 1.53. The second kappa shape index (κ2) is 6.50. The average Bonchev–Trinajstić information content (AvgIpc) is 2.81. The summed E-state index contributed by atoms with van der Waals surface area (Å²) < 4.78 is 1.75. The standard InChI is InChI=1S/C14H21N7/c1-5-16-13-11-8-17-21(4)14(11)19-12(18-13)9-20(3)10(2)6-7-15/h8,10H,5-6,9H2,1-4H3,(H,16,18,19). The molecule has 21 heavy (non-hydrogen) atoms. The van der Waals surface area contributed by atoms with Gasteiger partial charge in [0.05, 0.1) is 30.6 Å². The number of hydrogen-bond acceptors (Lipinski definition) is 6. The Morgan fingerprint density at radius 2 is 2.24 bits per heavy atom. The van der Waals surface area contributed by atoms with Crippen molar-refractivity contribution in [3.05, 3.63) is 12.0 Å². The van der Waals surface area contributed by atoms with E-state index in [0.717, 1.165) is 29.2 Å². The Morgan fingerprint density at radius 3 is 2.90 bits per heavy atom. The molecule has 0 aliphatic carbocycles. The number of hydrogen-bond donors (Lipinski definition) is 1. The van der Waals surface area contributed by atoms with E-state index < -0.39 is 0 Å². The van der Waals surface area contributed by atoms with Crippen LogP contribution in [0.15, 0.2) is 6.20 Å². The normalized spacial score (nSPS) is 12.6. The van der Waals surface area contributed by atoms with Crippen molar-refractivity contribution in [1.82, 2.24) is 24.6 Å². The summed E-state index contributed by atoms with van der Waals surface area (Å²) >= 11 is 0. The lowest BCUT2D eigenvalue weighted by molar-refractivity contribution is 0.246. The van der Waals surface area contributed by atoms with Gasteiger partial charge in [-0.05, 0) is 20.9 Å². The highest BCUT2D eigenvalue weighted by Crippen LogP contribution is 2.20. The van der Waals surface area contributed by atoms with Gasteiger partial charge in [-0.25, -0.2) is 9.97 Å². The molecule has 7 heteroatoms. The number of aryl methyl sites for hydroxylation is 1. The number of nitrogens with zero attached hydrogens (tertiary/aromatic N) is 6. The zero-order chi connectivity index (χ0) is 15.4. The van der Waals surface area contributed by atoms with E-state index in [1.54, 1.807) is 10.9 Å². The fourth-order valence-corrected chi connectivity index (χ4v) is 2.11. The molecule has 0 saturated carbocycles. The van der Waals surface area contributed by atoms with Crippen molar-refractivity contribution in [3.63, 3.8) is 0 Å². The molecule has 2 aromatic rings. The second-order valence-electron chi connectivity index (χ2n) is 5.15. The van der Waals surface area contributed by atoms with Crippen LogP contribution in [0.5, 0.6) is 0 Å². The molecule has 1 N–H and O–H groups in total. The summed E-state index contributed by atoms with van der Waals surface area (Å²) in [6, 6.07) is 2.36. The van der Waals surface area contributed by atoms with Crippen LogP contribution in [0, 0.1) is 11.3 Å². The van der Waals surface area contributed by atoms with Crippen LogP contribution in [-0.2, 0) is 13.6 Å². The first kappa shape index (κ1) is 15.2. The monoisotopic (exact) mass is 287 g/mol. The molecule has 7 nitrogen and oxygen atoms in total. The van der Waals surface area contributed by atoms with Gasteiger partial charge < -0.3 is 5.32 Å². The topological polar surface area (TPSA) is 82.7 Å². The first-order valence-electron chi connectivity index (χ1n) is 7.06. The summed E-state index contributed by atoms with van der Waals surface area (Å²) in [5.74, 6) is 1.54. The maximum atomic E-state index is 8.79. The lowest BCUT2D eigenvalue weighted by Crippen LogP contribution is -2.29. The van der Waals surface area contributed by atoms with E-state index in [-0.39, 0.29) is 6.04 Å². The minimum Gasteiger partial charge on any atom is -0.370 e. The first-order chi connectivity index (χ1) is 10.1. The number of fused-ring (bicyclic) bond motifs is 1. The highest BCUT2D eigenvalue weighted by molar-refractivity contribution is 5.86. The fourth-order valence-electron chi connectivity index (χ4n) is 2.11. The maximum Gasteiger partial charge on any atom is 0.163 e. The third kappa shape index (κ3) is 3.28. The van der Waals surface area contributed by atoms with Gasteiger partial charge in [0.15, 0.2) is 5.65 Å². The molecule has 2 heterocycles. The van der Waals surface area contributed by atoms with Gasteiger partial charge in [0.2, 0.25) is 0 Å². The lowest BCUT2D eigenvalue weighted by Gasteiger charge is -2.21. The van der Waals surface area contributed by atoms with Crippen molar-refractivity contribution in [2.75, 3.05) is 18.9 Å². The molecule has 0 aromatic carbocycles. The highest BCUT2D eigenvalue weighted by atomic mass is 15.3. The van der Waals surface area contributed by atoms with E-state index in [4.69, 9.17) is 5.26 Å². The molecule has 1 atom stereocenters. The van der Waals surface area contributed by atoms with Crippen LogP contribution in [0.25, 0.3) is 11.0 Å². The van der Waals surface area contributed by atoms with Crippen LogP contribution < -0.4 is 5.32 Å². The van der Waals surface area contributed by atoms with Crippen LogP contribution in [-0.4, -0.2) is 44.3 Å². The molecule has 2 rings (SSSR count). The predicted molar refractivity (Wildman–Crippen MR) is 81.6 cm³/mol. The Labute approximate surface area is 124 Å². The average molecular weight is 287 g/mol. The minimum absolute atomic E-state index is 0.170. The van der Waals surface area contributed by atoms with Crippen molar-refractivity contribution in [3.8, 4) is 6.07 Å². The van der Waals surface area contributed by atoms with E-state index in [0.29, 0.717) is 13.0 Å². The summed E-state index contributed by atoms with van der Waals surface area (Å²) in [4.78, 5) is 11.3. The molecular weight excluding hydrogens is 266 g/mol. The van der Waals surface area contributed by atoms with Crippen LogP contribution in [0.4, 0.5) is 5.82 Å².